The van der Waals surface area contributed by atoms with Gasteiger partial charge in [0.15, 0.2) is 0 Å². The Balaban J connectivity index is 2.15. The van der Waals surface area contributed by atoms with Crippen molar-refractivity contribution in [2.75, 3.05) is 18.0 Å². The Hall–Kier alpha value is -1.65. The highest BCUT2D eigenvalue weighted by atomic mass is 16.4. The largest absolute Gasteiger partial charge is 0.481 e. The molecule has 0 spiro atoms. The normalized spacial score (nSPS) is 24.7. The molecule has 2 rings (SSSR count). The molecule has 1 aliphatic rings. The zero-order chi connectivity index (χ0) is 12.4. The SMILES string of the molecule is Cc1cnc(N2CC(C)CC(C(=O)O)C2)nc1. The van der Waals surface area contributed by atoms with Crippen molar-refractivity contribution >= 4 is 11.9 Å². The van der Waals surface area contributed by atoms with Crippen LogP contribution in [-0.4, -0.2) is 34.1 Å². The van der Waals surface area contributed by atoms with Gasteiger partial charge in [-0.25, -0.2) is 9.97 Å². The quantitative estimate of drug-likeness (QED) is 0.837. The predicted octanol–water partition coefficient (Wildman–Crippen LogP) is 1.33. The van der Waals surface area contributed by atoms with Crippen LogP contribution in [0.2, 0.25) is 0 Å². The molecule has 1 aromatic rings. The van der Waals surface area contributed by atoms with Crippen LogP contribution in [0.5, 0.6) is 0 Å². The molecule has 0 bridgehead atoms. The van der Waals surface area contributed by atoms with Gasteiger partial charge in [-0.3, -0.25) is 4.79 Å². The van der Waals surface area contributed by atoms with E-state index in [1.54, 1.807) is 12.4 Å². The summed E-state index contributed by atoms with van der Waals surface area (Å²) in [6, 6.07) is 0. The number of hydrogen-bond acceptors (Lipinski definition) is 4. The maximum absolute atomic E-state index is 11.1. The Morgan fingerprint density at radius 3 is 2.65 bits per heavy atom. The number of hydrogen-bond donors (Lipinski definition) is 1. The monoisotopic (exact) mass is 235 g/mol. The first-order chi connectivity index (χ1) is 8.06. The third-order valence-electron chi connectivity index (χ3n) is 3.06. The number of carboxylic acid groups (broad SMARTS) is 1. The molecule has 1 aromatic heterocycles. The molecule has 0 amide bonds. The van der Waals surface area contributed by atoms with E-state index in [1.165, 1.54) is 0 Å². The fourth-order valence-corrected chi connectivity index (χ4v) is 2.24. The van der Waals surface area contributed by atoms with Crippen molar-refractivity contribution in [2.24, 2.45) is 11.8 Å². The van der Waals surface area contributed by atoms with Gasteiger partial charge in [-0.15, -0.1) is 0 Å². The number of carboxylic acids is 1. The molecule has 0 aromatic carbocycles. The summed E-state index contributed by atoms with van der Waals surface area (Å²) < 4.78 is 0. The van der Waals surface area contributed by atoms with Gasteiger partial charge in [-0.05, 0) is 24.8 Å². The van der Waals surface area contributed by atoms with Crippen molar-refractivity contribution in [1.29, 1.82) is 0 Å². The van der Waals surface area contributed by atoms with Gasteiger partial charge in [-0.2, -0.15) is 0 Å². The molecular formula is C12H17N3O2. The number of aromatic nitrogens is 2. The van der Waals surface area contributed by atoms with Crippen molar-refractivity contribution in [3.8, 4) is 0 Å². The van der Waals surface area contributed by atoms with E-state index in [4.69, 9.17) is 5.11 Å². The van der Waals surface area contributed by atoms with Crippen LogP contribution in [0.4, 0.5) is 5.95 Å². The molecule has 2 heterocycles. The number of anilines is 1. The molecule has 1 N–H and O–H groups in total. The van der Waals surface area contributed by atoms with Gasteiger partial charge in [-0.1, -0.05) is 6.92 Å². The van der Waals surface area contributed by atoms with Gasteiger partial charge in [0.2, 0.25) is 5.95 Å². The smallest absolute Gasteiger partial charge is 0.308 e. The van der Waals surface area contributed by atoms with E-state index in [0.29, 0.717) is 18.4 Å². The van der Waals surface area contributed by atoms with E-state index in [2.05, 4.69) is 16.9 Å². The number of carbonyl (C=O) groups is 1. The summed E-state index contributed by atoms with van der Waals surface area (Å²) in [5, 5.41) is 9.10. The van der Waals surface area contributed by atoms with E-state index >= 15 is 0 Å². The van der Waals surface area contributed by atoms with Crippen molar-refractivity contribution in [3.63, 3.8) is 0 Å². The molecule has 0 radical (unpaired) electrons. The van der Waals surface area contributed by atoms with Gasteiger partial charge in [0.1, 0.15) is 0 Å². The second kappa shape index (κ2) is 4.69. The maximum Gasteiger partial charge on any atom is 0.308 e. The summed E-state index contributed by atoms with van der Waals surface area (Å²) in [5.74, 6) is -0.0551. The van der Waals surface area contributed by atoms with E-state index in [9.17, 15) is 4.79 Å². The van der Waals surface area contributed by atoms with E-state index in [-0.39, 0.29) is 5.92 Å². The van der Waals surface area contributed by atoms with Crippen molar-refractivity contribution < 1.29 is 9.90 Å². The minimum Gasteiger partial charge on any atom is -0.481 e. The minimum atomic E-state index is -0.728. The molecule has 5 nitrogen and oxygen atoms in total. The molecular weight excluding hydrogens is 218 g/mol. The van der Waals surface area contributed by atoms with Crippen LogP contribution in [0, 0.1) is 18.8 Å². The van der Waals surface area contributed by atoms with Crippen LogP contribution < -0.4 is 4.90 Å². The van der Waals surface area contributed by atoms with Gasteiger partial charge in [0.05, 0.1) is 5.92 Å². The number of aryl methyl sites for hydroxylation is 1. The van der Waals surface area contributed by atoms with Crippen molar-refractivity contribution in [3.05, 3.63) is 18.0 Å². The van der Waals surface area contributed by atoms with Crippen molar-refractivity contribution in [2.45, 2.75) is 20.3 Å². The van der Waals surface area contributed by atoms with E-state index in [1.807, 2.05) is 11.8 Å². The molecule has 2 atom stereocenters. The van der Waals surface area contributed by atoms with Crippen LogP contribution in [0.25, 0.3) is 0 Å². The Bertz CT molecular complexity index is 405. The molecule has 2 unspecified atom stereocenters. The Kier molecular flexibility index (Phi) is 3.26. The summed E-state index contributed by atoms with van der Waals surface area (Å²) in [7, 11) is 0. The molecule has 5 heteroatoms. The van der Waals surface area contributed by atoms with Crippen LogP contribution in [0.3, 0.4) is 0 Å². The summed E-state index contributed by atoms with van der Waals surface area (Å²) in [6.45, 7) is 5.33. The topological polar surface area (TPSA) is 66.3 Å². The zero-order valence-corrected chi connectivity index (χ0v) is 10.1. The van der Waals surface area contributed by atoms with E-state index < -0.39 is 5.97 Å². The molecule has 17 heavy (non-hydrogen) atoms. The van der Waals surface area contributed by atoms with Crippen LogP contribution in [0.15, 0.2) is 12.4 Å². The maximum atomic E-state index is 11.1. The highest BCUT2D eigenvalue weighted by Crippen LogP contribution is 2.24. The van der Waals surface area contributed by atoms with Gasteiger partial charge >= 0.3 is 5.97 Å². The first-order valence-electron chi connectivity index (χ1n) is 5.82. The summed E-state index contributed by atoms with van der Waals surface area (Å²) in [5.41, 5.74) is 1.01. The van der Waals surface area contributed by atoms with Crippen LogP contribution >= 0.6 is 0 Å². The molecule has 1 aliphatic heterocycles. The zero-order valence-electron chi connectivity index (χ0n) is 10.1. The molecule has 92 valence electrons. The highest BCUT2D eigenvalue weighted by Gasteiger charge is 2.30. The third-order valence-corrected chi connectivity index (χ3v) is 3.06. The fourth-order valence-electron chi connectivity index (χ4n) is 2.24. The molecule has 0 saturated carbocycles. The Morgan fingerprint density at radius 1 is 1.41 bits per heavy atom. The van der Waals surface area contributed by atoms with Gasteiger partial charge < -0.3 is 10.0 Å². The standard InChI is InChI=1S/C12H17N3O2/c1-8-3-10(11(16)17)7-15(6-8)12-13-4-9(2)5-14-12/h4-5,8,10H,3,6-7H2,1-2H3,(H,16,17). The number of nitrogens with zero attached hydrogens (tertiary/aromatic N) is 3. The number of rotatable bonds is 2. The predicted molar refractivity (Wildman–Crippen MR) is 63.9 cm³/mol. The fraction of sp³-hybridized carbons (Fsp3) is 0.583. The second-order valence-electron chi connectivity index (χ2n) is 4.84. The summed E-state index contributed by atoms with van der Waals surface area (Å²) in [6.07, 6.45) is 4.26. The molecule has 0 aliphatic carbocycles. The van der Waals surface area contributed by atoms with Crippen LogP contribution in [-0.2, 0) is 4.79 Å². The van der Waals surface area contributed by atoms with Gasteiger partial charge in [0, 0.05) is 25.5 Å². The Labute approximate surface area is 100 Å². The molecule has 1 saturated heterocycles. The summed E-state index contributed by atoms with van der Waals surface area (Å²) >= 11 is 0. The lowest BCUT2D eigenvalue weighted by Crippen LogP contribution is -2.43. The first kappa shape index (κ1) is 11.8. The van der Waals surface area contributed by atoms with Gasteiger partial charge in [0.25, 0.3) is 0 Å². The Morgan fingerprint density at radius 2 is 2.06 bits per heavy atom. The lowest BCUT2D eigenvalue weighted by molar-refractivity contribution is -0.142. The first-order valence-corrected chi connectivity index (χ1v) is 5.82. The lowest BCUT2D eigenvalue weighted by Gasteiger charge is -2.34. The average molecular weight is 235 g/mol. The number of aliphatic carboxylic acids is 1. The number of piperidine rings is 1. The van der Waals surface area contributed by atoms with Crippen molar-refractivity contribution in [1.82, 2.24) is 9.97 Å². The molecule has 1 fully saturated rings. The van der Waals surface area contributed by atoms with Crippen LogP contribution in [0.1, 0.15) is 18.9 Å². The minimum absolute atomic E-state index is 0.316. The second-order valence-corrected chi connectivity index (χ2v) is 4.84. The lowest BCUT2D eigenvalue weighted by atomic mass is 9.91. The third kappa shape index (κ3) is 2.72. The van der Waals surface area contributed by atoms with E-state index in [0.717, 1.165) is 18.5 Å². The average Bonchev–Trinajstić information content (AvgIpc) is 2.29. The summed E-state index contributed by atoms with van der Waals surface area (Å²) in [4.78, 5) is 21.5. The highest BCUT2D eigenvalue weighted by molar-refractivity contribution is 5.71.